The van der Waals surface area contributed by atoms with Crippen LogP contribution in [-0.4, -0.2) is 57.9 Å². The molecule has 13 heteroatoms. The van der Waals surface area contributed by atoms with E-state index >= 15 is 0 Å². The number of unbranched alkanes of at least 4 members (excludes halogenated alkanes) is 5. The molecule has 0 bridgehead atoms. The Kier molecular flexibility index (Phi) is 15.3. The lowest BCUT2D eigenvalue weighted by molar-refractivity contribution is -0.137. The number of alkyl carbamates (subject to hydrolysis) is 1. The molecule has 1 rings (SSSR count). The van der Waals surface area contributed by atoms with Crippen molar-refractivity contribution in [1.82, 2.24) is 15.6 Å². The van der Waals surface area contributed by atoms with Gasteiger partial charge in [-0.25, -0.2) is 14.6 Å². The van der Waals surface area contributed by atoms with Crippen LogP contribution in [0.15, 0.2) is 4.99 Å². The number of anilines is 1. The largest absolute Gasteiger partial charge is 0.481 e. The van der Waals surface area contributed by atoms with E-state index in [1.54, 1.807) is 41.5 Å². The van der Waals surface area contributed by atoms with Gasteiger partial charge in [0.25, 0.3) is 0 Å². The van der Waals surface area contributed by atoms with Crippen LogP contribution in [-0.2, 0) is 25.5 Å². The lowest BCUT2D eigenvalue weighted by atomic mass is 10.1. The Morgan fingerprint density at radius 1 is 0.829 bits per heavy atom. The van der Waals surface area contributed by atoms with Gasteiger partial charge < -0.3 is 14.6 Å². The summed E-state index contributed by atoms with van der Waals surface area (Å²) in [6.07, 6.45) is 5.35. The predicted molar refractivity (Wildman–Crippen MR) is 159 cm³/mol. The zero-order chi connectivity index (χ0) is 31.1. The third kappa shape index (κ3) is 18.7. The van der Waals surface area contributed by atoms with Crippen LogP contribution in [0.3, 0.4) is 0 Å². The monoisotopic (exact) mass is 597 g/mol. The Morgan fingerprint density at radius 3 is 1.98 bits per heavy atom. The SMILES string of the molecule is Cc1nc(NC(=O)OC(C)(C)C)sc1CCCN=C(NC(=O)CCCCCCCCC(=O)O)NC(=O)OC(C)(C)C. The van der Waals surface area contributed by atoms with Crippen LogP contribution >= 0.6 is 11.3 Å². The molecule has 232 valence electrons. The first-order valence-electron chi connectivity index (χ1n) is 14.1. The highest BCUT2D eigenvalue weighted by Gasteiger charge is 2.19. The van der Waals surface area contributed by atoms with Crippen molar-refractivity contribution < 1.29 is 33.8 Å². The summed E-state index contributed by atoms with van der Waals surface area (Å²) >= 11 is 1.36. The number of amides is 3. The van der Waals surface area contributed by atoms with E-state index in [1.165, 1.54) is 11.3 Å². The molecule has 4 N–H and O–H groups in total. The van der Waals surface area contributed by atoms with Gasteiger partial charge in [-0.05, 0) is 74.1 Å². The Bertz CT molecular complexity index is 1040. The summed E-state index contributed by atoms with van der Waals surface area (Å²) in [7, 11) is 0. The molecule has 0 saturated carbocycles. The smallest absolute Gasteiger partial charge is 0.414 e. The van der Waals surface area contributed by atoms with E-state index in [0.29, 0.717) is 37.4 Å². The molecule has 0 aliphatic heterocycles. The number of thiazole rings is 1. The van der Waals surface area contributed by atoms with Gasteiger partial charge in [-0.15, -0.1) is 11.3 Å². The standard InChI is InChI=1S/C28H47N5O7S/c1-19-20(41-24(30-19)33-26(38)40-28(5,6)7)15-14-18-29-23(32-25(37)39-27(2,3)4)31-21(34)16-12-10-8-9-11-13-17-22(35)36/h8-18H2,1-7H3,(H,35,36)(H,30,33,38)(H2,29,31,32,34,37). The highest BCUT2D eigenvalue weighted by Crippen LogP contribution is 2.24. The Hall–Kier alpha value is -3.22. The normalized spacial score (nSPS) is 12.0. The summed E-state index contributed by atoms with van der Waals surface area (Å²) in [5.74, 6) is -1.01. The summed E-state index contributed by atoms with van der Waals surface area (Å²) < 4.78 is 10.6. The molecule has 1 heterocycles. The minimum absolute atomic E-state index is 0.0335. The highest BCUT2D eigenvalue weighted by atomic mass is 32.1. The fourth-order valence-corrected chi connectivity index (χ4v) is 4.50. The number of aliphatic carboxylic acids is 1. The minimum Gasteiger partial charge on any atom is -0.481 e. The number of carboxylic acids is 1. The second-order valence-corrected chi connectivity index (χ2v) is 12.8. The Balaban J connectivity index is 2.61. The van der Waals surface area contributed by atoms with Crippen molar-refractivity contribution in [3.63, 3.8) is 0 Å². The highest BCUT2D eigenvalue weighted by molar-refractivity contribution is 7.15. The lowest BCUT2D eigenvalue weighted by Crippen LogP contribution is -2.45. The third-order valence-corrected chi connectivity index (χ3v) is 6.39. The second-order valence-electron chi connectivity index (χ2n) is 11.7. The first kappa shape index (κ1) is 35.8. The molecule has 0 fully saturated rings. The number of carbonyl (C=O) groups excluding carboxylic acids is 3. The van der Waals surface area contributed by atoms with Crippen molar-refractivity contribution >= 4 is 46.5 Å². The average Bonchev–Trinajstić information content (AvgIpc) is 3.13. The number of aromatic nitrogens is 1. The summed E-state index contributed by atoms with van der Waals surface area (Å²) in [6.45, 7) is 12.8. The molecule has 41 heavy (non-hydrogen) atoms. The molecule has 0 aliphatic carbocycles. The molecular formula is C28H47N5O7S. The van der Waals surface area contributed by atoms with E-state index in [4.69, 9.17) is 14.6 Å². The maximum atomic E-state index is 12.5. The average molecular weight is 598 g/mol. The van der Waals surface area contributed by atoms with E-state index < -0.39 is 29.4 Å². The van der Waals surface area contributed by atoms with Crippen molar-refractivity contribution in [2.24, 2.45) is 4.99 Å². The van der Waals surface area contributed by atoms with Crippen LogP contribution in [0.4, 0.5) is 14.7 Å². The molecule has 3 amide bonds. The molecule has 12 nitrogen and oxygen atoms in total. The van der Waals surface area contributed by atoms with E-state index in [1.807, 2.05) is 6.92 Å². The molecule has 0 unspecified atom stereocenters. The van der Waals surface area contributed by atoms with Crippen LogP contribution in [0, 0.1) is 6.92 Å². The van der Waals surface area contributed by atoms with Crippen molar-refractivity contribution in [2.75, 3.05) is 11.9 Å². The van der Waals surface area contributed by atoms with Gasteiger partial charge in [0.05, 0.1) is 5.69 Å². The van der Waals surface area contributed by atoms with Gasteiger partial charge in [0.15, 0.2) is 5.13 Å². The Labute approximate surface area is 247 Å². The fraction of sp³-hybridized carbons (Fsp3) is 0.714. The number of carbonyl (C=O) groups is 4. The van der Waals surface area contributed by atoms with Gasteiger partial charge >= 0.3 is 18.2 Å². The first-order chi connectivity index (χ1) is 19.0. The molecule has 0 spiro atoms. The van der Waals surface area contributed by atoms with Crippen LogP contribution in [0.1, 0.15) is 110 Å². The van der Waals surface area contributed by atoms with Gasteiger partial charge in [0.2, 0.25) is 11.9 Å². The number of hydrogen-bond acceptors (Lipinski definition) is 9. The van der Waals surface area contributed by atoms with E-state index in [-0.39, 0.29) is 24.7 Å². The van der Waals surface area contributed by atoms with Crippen LogP contribution < -0.4 is 16.0 Å². The van der Waals surface area contributed by atoms with Crippen molar-refractivity contribution in [1.29, 1.82) is 0 Å². The topological polar surface area (TPSA) is 168 Å². The zero-order valence-electron chi connectivity index (χ0n) is 25.5. The van der Waals surface area contributed by atoms with Crippen molar-refractivity contribution in [3.05, 3.63) is 10.6 Å². The van der Waals surface area contributed by atoms with E-state index in [9.17, 15) is 19.2 Å². The fourth-order valence-electron chi connectivity index (χ4n) is 3.51. The molecule has 0 saturated heterocycles. The molecule has 1 aromatic rings. The third-order valence-electron chi connectivity index (χ3n) is 5.25. The number of ether oxygens (including phenoxy) is 2. The van der Waals surface area contributed by atoms with Gasteiger partial charge in [-0.2, -0.15) is 0 Å². The van der Waals surface area contributed by atoms with Gasteiger partial charge in [0, 0.05) is 24.3 Å². The second kappa shape index (κ2) is 17.6. The maximum absolute atomic E-state index is 12.5. The number of nitrogens with one attached hydrogen (secondary N) is 3. The van der Waals surface area contributed by atoms with E-state index in [2.05, 4.69) is 25.9 Å². The summed E-state index contributed by atoms with van der Waals surface area (Å²) in [5, 5.41) is 17.0. The van der Waals surface area contributed by atoms with Gasteiger partial charge in [-0.1, -0.05) is 25.7 Å². The molecule has 0 aromatic carbocycles. The minimum atomic E-state index is -0.778. The number of rotatable bonds is 14. The van der Waals surface area contributed by atoms with Gasteiger partial charge in [0.1, 0.15) is 11.2 Å². The lowest BCUT2D eigenvalue weighted by Gasteiger charge is -2.20. The van der Waals surface area contributed by atoms with Crippen LogP contribution in [0.25, 0.3) is 0 Å². The summed E-state index contributed by atoms with van der Waals surface area (Å²) in [5.41, 5.74) is -0.520. The number of aryl methyl sites for hydroxylation is 2. The molecule has 1 aromatic heterocycles. The molecular weight excluding hydrogens is 550 g/mol. The van der Waals surface area contributed by atoms with Crippen LogP contribution in [0.2, 0.25) is 0 Å². The quantitative estimate of drug-likeness (QED) is 0.116. The number of nitrogens with zero attached hydrogens (tertiary/aromatic N) is 2. The van der Waals surface area contributed by atoms with E-state index in [0.717, 1.165) is 36.3 Å². The number of guanidine groups is 1. The zero-order valence-corrected chi connectivity index (χ0v) is 26.3. The first-order valence-corrected chi connectivity index (χ1v) is 14.9. The van der Waals surface area contributed by atoms with Crippen molar-refractivity contribution in [2.45, 2.75) is 124 Å². The number of hydrogen-bond donors (Lipinski definition) is 4. The number of aliphatic imine (C=N–C) groups is 1. The van der Waals surface area contributed by atoms with Gasteiger partial charge in [-0.3, -0.25) is 30.5 Å². The summed E-state index contributed by atoms with van der Waals surface area (Å²) in [6, 6.07) is 0. The van der Waals surface area contributed by atoms with Crippen molar-refractivity contribution in [3.8, 4) is 0 Å². The number of carboxylic acid groups (broad SMARTS) is 1. The maximum Gasteiger partial charge on any atom is 0.414 e. The van der Waals surface area contributed by atoms with Crippen LogP contribution in [0.5, 0.6) is 0 Å². The molecule has 0 atom stereocenters. The molecule has 0 aliphatic rings. The predicted octanol–water partition coefficient (Wildman–Crippen LogP) is 5.93. The molecule has 0 radical (unpaired) electrons. The Morgan fingerprint density at radius 2 is 1.39 bits per heavy atom. The summed E-state index contributed by atoms with van der Waals surface area (Å²) in [4.78, 5) is 57.1.